The molecule has 0 spiro atoms. The van der Waals surface area contributed by atoms with Crippen molar-refractivity contribution in [2.45, 2.75) is 24.9 Å². The zero-order valence-corrected chi connectivity index (χ0v) is 4.98. The van der Waals surface area contributed by atoms with E-state index in [9.17, 15) is 0 Å². The van der Waals surface area contributed by atoms with Crippen LogP contribution in [-0.2, 0) is 0 Å². The summed E-state index contributed by atoms with van der Waals surface area (Å²) in [5, 5.41) is 6.84. The first kappa shape index (κ1) is 4.77. The van der Waals surface area contributed by atoms with Crippen molar-refractivity contribution in [1.82, 2.24) is 10.6 Å². The molecule has 0 unspecified atom stereocenters. The van der Waals surface area contributed by atoms with Gasteiger partial charge in [0, 0.05) is 18.6 Å². The fourth-order valence-corrected chi connectivity index (χ4v) is 1.53. The predicted octanol–water partition coefficient (Wildman–Crippen LogP) is -0.290. The molecule has 0 aromatic rings. The molecule has 2 heteroatoms. The number of fused-ring (bicyclic) bond motifs is 1. The maximum atomic E-state index is 3.46. The third kappa shape index (κ3) is 0.565. The molecular weight excluding hydrogens is 100 g/mol. The van der Waals surface area contributed by atoms with Crippen molar-refractivity contribution >= 4 is 0 Å². The SMILES string of the molecule is C1CN[C@H]2CN[C@@H]2C1. The largest absolute Gasteiger partial charge is 0.311 e. The molecule has 8 heavy (non-hydrogen) atoms. The highest BCUT2D eigenvalue weighted by molar-refractivity contribution is 4.96. The van der Waals surface area contributed by atoms with Crippen LogP contribution in [0.25, 0.3) is 0 Å². The average molecular weight is 112 g/mol. The van der Waals surface area contributed by atoms with E-state index in [2.05, 4.69) is 10.6 Å². The molecule has 2 nitrogen and oxygen atoms in total. The molecule has 46 valence electrons. The van der Waals surface area contributed by atoms with Gasteiger partial charge in [-0.1, -0.05) is 0 Å². The molecule has 0 aromatic carbocycles. The van der Waals surface area contributed by atoms with Crippen LogP contribution >= 0.6 is 0 Å². The highest BCUT2D eigenvalue weighted by Gasteiger charge is 2.31. The van der Waals surface area contributed by atoms with Crippen molar-refractivity contribution in [3.8, 4) is 0 Å². The van der Waals surface area contributed by atoms with Crippen molar-refractivity contribution in [3.05, 3.63) is 0 Å². The zero-order chi connectivity index (χ0) is 5.40. The second kappa shape index (κ2) is 1.71. The normalized spacial score (nSPS) is 45.0. The molecule has 0 radical (unpaired) electrons. The molecule has 2 atom stereocenters. The minimum atomic E-state index is 0.823. The number of hydrogen-bond acceptors (Lipinski definition) is 2. The molecule has 2 aliphatic rings. The smallest absolute Gasteiger partial charge is 0.0346 e. The molecule has 2 heterocycles. The standard InChI is InChI=1S/C6H12N2/c1-2-5-6(4-8-5)7-3-1/h5-8H,1-4H2/t5-,6+/m1/s1. The lowest BCUT2D eigenvalue weighted by molar-refractivity contribution is 0.210. The van der Waals surface area contributed by atoms with Crippen LogP contribution in [0, 0.1) is 0 Å². The van der Waals surface area contributed by atoms with Crippen LogP contribution in [0.5, 0.6) is 0 Å². The van der Waals surface area contributed by atoms with Crippen LogP contribution in [0.1, 0.15) is 12.8 Å². The van der Waals surface area contributed by atoms with E-state index < -0.39 is 0 Å². The third-order valence-corrected chi connectivity index (χ3v) is 2.18. The Labute approximate surface area is 49.7 Å². The molecule has 2 N–H and O–H groups in total. The Bertz CT molecular complexity index is 80.5. The van der Waals surface area contributed by atoms with Crippen LogP contribution < -0.4 is 10.6 Å². The van der Waals surface area contributed by atoms with Crippen molar-refractivity contribution in [1.29, 1.82) is 0 Å². The van der Waals surface area contributed by atoms with Gasteiger partial charge in [0.2, 0.25) is 0 Å². The van der Waals surface area contributed by atoms with Gasteiger partial charge in [0.15, 0.2) is 0 Å². The van der Waals surface area contributed by atoms with Gasteiger partial charge in [0.25, 0.3) is 0 Å². The first-order valence-corrected chi connectivity index (χ1v) is 3.43. The van der Waals surface area contributed by atoms with Crippen molar-refractivity contribution in [2.75, 3.05) is 13.1 Å². The molecule has 0 saturated carbocycles. The first-order valence-electron chi connectivity index (χ1n) is 3.43. The van der Waals surface area contributed by atoms with E-state index in [4.69, 9.17) is 0 Å². The molecule has 2 rings (SSSR count). The molecule has 0 amide bonds. The quantitative estimate of drug-likeness (QED) is 0.450. The van der Waals surface area contributed by atoms with Gasteiger partial charge in [-0.3, -0.25) is 0 Å². The minimum absolute atomic E-state index is 0.823. The van der Waals surface area contributed by atoms with Gasteiger partial charge in [-0.25, -0.2) is 0 Å². The minimum Gasteiger partial charge on any atom is -0.311 e. The van der Waals surface area contributed by atoms with E-state index in [0.717, 1.165) is 12.1 Å². The van der Waals surface area contributed by atoms with Crippen molar-refractivity contribution in [3.63, 3.8) is 0 Å². The third-order valence-electron chi connectivity index (χ3n) is 2.18. The lowest BCUT2D eigenvalue weighted by Gasteiger charge is -2.42. The highest BCUT2D eigenvalue weighted by atomic mass is 15.1. The molecule has 0 aromatic heterocycles. The van der Waals surface area contributed by atoms with E-state index >= 15 is 0 Å². The van der Waals surface area contributed by atoms with Crippen LogP contribution in [0.2, 0.25) is 0 Å². The fourth-order valence-electron chi connectivity index (χ4n) is 1.53. The molecule has 2 aliphatic heterocycles. The van der Waals surface area contributed by atoms with Gasteiger partial charge in [0.1, 0.15) is 0 Å². The Morgan fingerprint density at radius 2 is 2.12 bits per heavy atom. The van der Waals surface area contributed by atoms with E-state index in [0.29, 0.717) is 0 Å². The Morgan fingerprint density at radius 1 is 1.12 bits per heavy atom. The Balaban J connectivity index is 1.92. The summed E-state index contributed by atoms with van der Waals surface area (Å²) >= 11 is 0. The van der Waals surface area contributed by atoms with E-state index in [-0.39, 0.29) is 0 Å². The van der Waals surface area contributed by atoms with Gasteiger partial charge >= 0.3 is 0 Å². The number of nitrogens with one attached hydrogen (secondary N) is 2. The summed E-state index contributed by atoms with van der Waals surface area (Å²) in [7, 11) is 0. The van der Waals surface area contributed by atoms with Gasteiger partial charge in [-0.15, -0.1) is 0 Å². The predicted molar refractivity (Wildman–Crippen MR) is 32.8 cm³/mol. The summed E-state index contributed by atoms with van der Waals surface area (Å²) in [5.41, 5.74) is 0. The monoisotopic (exact) mass is 112 g/mol. The maximum Gasteiger partial charge on any atom is 0.0346 e. The van der Waals surface area contributed by atoms with Gasteiger partial charge in [0.05, 0.1) is 0 Å². The fraction of sp³-hybridized carbons (Fsp3) is 1.00. The zero-order valence-electron chi connectivity index (χ0n) is 4.98. The molecular formula is C6H12N2. The summed E-state index contributed by atoms with van der Waals surface area (Å²) in [5.74, 6) is 0. The summed E-state index contributed by atoms with van der Waals surface area (Å²) in [4.78, 5) is 0. The topological polar surface area (TPSA) is 24.1 Å². The van der Waals surface area contributed by atoms with E-state index in [1.807, 2.05) is 0 Å². The second-order valence-electron chi connectivity index (χ2n) is 2.72. The maximum absolute atomic E-state index is 3.46. The van der Waals surface area contributed by atoms with Gasteiger partial charge in [-0.2, -0.15) is 0 Å². The lowest BCUT2D eigenvalue weighted by Crippen LogP contribution is -2.66. The number of rotatable bonds is 0. The van der Waals surface area contributed by atoms with Crippen molar-refractivity contribution in [2.24, 2.45) is 0 Å². The van der Waals surface area contributed by atoms with E-state index in [1.54, 1.807) is 0 Å². The Kier molecular flexibility index (Phi) is 1.02. The highest BCUT2D eigenvalue weighted by Crippen LogP contribution is 2.14. The van der Waals surface area contributed by atoms with Gasteiger partial charge in [-0.05, 0) is 19.4 Å². The van der Waals surface area contributed by atoms with Crippen LogP contribution in [0.3, 0.4) is 0 Å². The van der Waals surface area contributed by atoms with Gasteiger partial charge < -0.3 is 10.6 Å². The molecule has 2 saturated heterocycles. The van der Waals surface area contributed by atoms with E-state index in [1.165, 1.54) is 25.9 Å². The molecule has 0 aliphatic carbocycles. The first-order chi connectivity index (χ1) is 3.97. The summed E-state index contributed by atoms with van der Waals surface area (Å²) in [6.45, 7) is 2.44. The molecule has 2 fully saturated rings. The second-order valence-corrected chi connectivity index (χ2v) is 2.72. The average Bonchev–Trinajstić information content (AvgIpc) is 1.72. The summed E-state index contributed by atoms with van der Waals surface area (Å²) in [6, 6.07) is 1.65. The summed E-state index contributed by atoms with van der Waals surface area (Å²) in [6.07, 6.45) is 2.74. The Morgan fingerprint density at radius 3 is 2.50 bits per heavy atom. The lowest BCUT2D eigenvalue weighted by atomic mass is 9.92. The van der Waals surface area contributed by atoms with Crippen LogP contribution in [0.4, 0.5) is 0 Å². The Hall–Kier alpha value is -0.0800. The number of hydrogen-bond donors (Lipinski definition) is 2. The van der Waals surface area contributed by atoms with Crippen LogP contribution in [0.15, 0.2) is 0 Å². The number of piperidine rings is 1. The molecule has 0 bridgehead atoms. The summed E-state index contributed by atoms with van der Waals surface area (Å²) < 4.78 is 0. The van der Waals surface area contributed by atoms with Crippen LogP contribution in [-0.4, -0.2) is 25.2 Å². The van der Waals surface area contributed by atoms with Crippen molar-refractivity contribution < 1.29 is 0 Å².